The van der Waals surface area contributed by atoms with E-state index < -0.39 is 5.60 Å². The van der Waals surface area contributed by atoms with Crippen LogP contribution in [-0.4, -0.2) is 50.3 Å². The van der Waals surface area contributed by atoms with Crippen molar-refractivity contribution in [1.29, 1.82) is 0 Å². The first kappa shape index (κ1) is 22.5. The normalized spacial score (nSPS) is 13.7. The first-order valence-electron chi connectivity index (χ1n) is 9.60. The molecule has 1 rings (SSSR count). The van der Waals surface area contributed by atoms with Gasteiger partial charge in [0.25, 0.3) is 5.91 Å². The lowest BCUT2D eigenvalue weighted by molar-refractivity contribution is -0.141. The van der Waals surface area contributed by atoms with E-state index in [4.69, 9.17) is 9.47 Å². The smallest absolute Gasteiger partial charge is 0.256 e. The Bertz CT molecular complexity index is 529. The highest BCUT2D eigenvalue weighted by Crippen LogP contribution is 2.24. The van der Waals surface area contributed by atoms with Gasteiger partial charge in [-0.15, -0.1) is 0 Å². The highest BCUT2D eigenvalue weighted by molar-refractivity contribution is 5.97. The first-order valence-corrected chi connectivity index (χ1v) is 9.60. The Hall–Kier alpha value is -1.59. The van der Waals surface area contributed by atoms with Gasteiger partial charge >= 0.3 is 0 Å². The summed E-state index contributed by atoms with van der Waals surface area (Å²) in [5.41, 5.74) is -0.0587. The van der Waals surface area contributed by atoms with Crippen molar-refractivity contribution in [2.75, 3.05) is 39.2 Å². The molecule has 1 aromatic rings. The topological polar surface area (TPSA) is 50.8 Å². The number of carbonyl (C=O) groups is 1. The molecule has 0 aromatic heterocycles. The van der Waals surface area contributed by atoms with Crippen LogP contribution in [0.1, 0.15) is 47.0 Å². The zero-order chi connectivity index (χ0) is 19.6. The van der Waals surface area contributed by atoms with Crippen LogP contribution in [0.15, 0.2) is 24.3 Å². The summed E-state index contributed by atoms with van der Waals surface area (Å²) >= 11 is 0. The minimum atomic E-state index is -0.814. The van der Waals surface area contributed by atoms with Crippen molar-refractivity contribution < 1.29 is 14.3 Å². The van der Waals surface area contributed by atoms with Gasteiger partial charge in [-0.25, -0.2) is 0 Å². The molecule has 0 bridgehead atoms. The number of nitrogens with one attached hydrogen (secondary N) is 1. The molecule has 1 amide bonds. The van der Waals surface area contributed by atoms with Crippen molar-refractivity contribution in [3.05, 3.63) is 24.3 Å². The van der Waals surface area contributed by atoms with E-state index in [-0.39, 0.29) is 5.91 Å². The van der Waals surface area contributed by atoms with E-state index in [0.717, 1.165) is 30.8 Å². The third-order valence-corrected chi connectivity index (χ3v) is 4.03. The molecule has 0 saturated carbocycles. The number of carbonyl (C=O) groups excluding carboxylic acids is 1. The minimum absolute atomic E-state index is 0.0979. The number of nitrogens with zero attached hydrogens (tertiary/aromatic N) is 1. The lowest BCUT2D eigenvalue weighted by Gasteiger charge is -2.30. The Labute approximate surface area is 159 Å². The van der Waals surface area contributed by atoms with Gasteiger partial charge in [-0.3, -0.25) is 4.79 Å². The zero-order valence-corrected chi connectivity index (χ0v) is 17.3. The van der Waals surface area contributed by atoms with Crippen molar-refractivity contribution >= 4 is 11.6 Å². The zero-order valence-electron chi connectivity index (χ0n) is 17.3. The highest BCUT2D eigenvalue weighted by Gasteiger charge is 2.34. The number of benzene rings is 1. The number of hydrogen-bond acceptors (Lipinski definition) is 4. The van der Waals surface area contributed by atoms with Gasteiger partial charge in [0, 0.05) is 18.8 Å². The molecule has 5 nitrogen and oxygen atoms in total. The Morgan fingerprint density at radius 3 is 2.38 bits per heavy atom. The van der Waals surface area contributed by atoms with E-state index in [2.05, 4.69) is 38.2 Å². The van der Waals surface area contributed by atoms with Crippen LogP contribution in [-0.2, 0) is 9.53 Å². The van der Waals surface area contributed by atoms with E-state index >= 15 is 0 Å². The average molecular weight is 365 g/mol. The molecule has 26 heavy (non-hydrogen) atoms. The summed E-state index contributed by atoms with van der Waals surface area (Å²) in [5.74, 6) is 1.09. The second kappa shape index (κ2) is 11.2. The summed E-state index contributed by atoms with van der Waals surface area (Å²) in [6.45, 7) is 10.4. The molecule has 1 N–H and O–H groups in total. The highest BCUT2D eigenvalue weighted by atomic mass is 16.5. The Morgan fingerprint density at radius 2 is 1.85 bits per heavy atom. The van der Waals surface area contributed by atoms with Crippen LogP contribution >= 0.6 is 0 Å². The fraction of sp³-hybridized carbons (Fsp3) is 0.667. The molecule has 0 aliphatic heterocycles. The Morgan fingerprint density at radius 1 is 1.19 bits per heavy atom. The molecule has 0 aliphatic carbocycles. The molecule has 0 fully saturated rings. The predicted octanol–water partition coefficient (Wildman–Crippen LogP) is 4.19. The van der Waals surface area contributed by atoms with Gasteiger partial charge in [0.1, 0.15) is 11.4 Å². The largest absolute Gasteiger partial charge is 0.494 e. The van der Waals surface area contributed by atoms with Gasteiger partial charge in [0.2, 0.25) is 0 Å². The molecule has 1 unspecified atom stereocenters. The fourth-order valence-corrected chi connectivity index (χ4v) is 2.79. The van der Waals surface area contributed by atoms with E-state index in [1.807, 2.05) is 38.1 Å². The lowest BCUT2D eigenvalue weighted by Crippen LogP contribution is -2.44. The first-order chi connectivity index (χ1) is 12.3. The van der Waals surface area contributed by atoms with Gasteiger partial charge in [0.05, 0.1) is 6.61 Å². The minimum Gasteiger partial charge on any atom is -0.494 e. The second-order valence-corrected chi connectivity index (χ2v) is 7.66. The van der Waals surface area contributed by atoms with E-state index in [0.29, 0.717) is 25.6 Å². The summed E-state index contributed by atoms with van der Waals surface area (Å²) in [7, 11) is 4.10. The summed E-state index contributed by atoms with van der Waals surface area (Å²) in [4.78, 5) is 14.9. The predicted molar refractivity (Wildman–Crippen MR) is 108 cm³/mol. The molecule has 0 aliphatic rings. The van der Waals surface area contributed by atoms with Crippen LogP contribution in [0, 0.1) is 5.92 Å². The van der Waals surface area contributed by atoms with Crippen molar-refractivity contribution in [3.8, 4) is 5.75 Å². The number of hydrogen-bond donors (Lipinski definition) is 1. The summed E-state index contributed by atoms with van der Waals surface area (Å²) in [5, 5.41) is 2.98. The Balaban J connectivity index is 2.61. The summed E-state index contributed by atoms with van der Waals surface area (Å²) in [6.07, 6.45) is 2.56. The van der Waals surface area contributed by atoms with Gasteiger partial charge < -0.3 is 19.7 Å². The van der Waals surface area contributed by atoms with Crippen LogP contribution in [0.5, 0.6) is 5.75 Å². The molecule has 0 saturated heterocycles. The van der Waals surface area contributed by atoms with Crippen LogP contribution in [0.3, 0.4) is 0 Å². The SMILES string of the molecule is CCCOC(C)(CC(C)C)C(=O)Nc1ccc(OCCCN(C)C)cc1. The van der Waals surface area contributed by atoms with Gasteiger partial charge in [-0.05, 0) is 70.5 Å². The molecule has 1 atom stereocenters. The molecule has 0 heterocycles. The molecule has 1 aromatic carbocycles. The molecule has 148 valence electrons. The molecular formula is C21H36N2O3. The van der Waals surface area contributed by atoms with Gasteiger partial charge in [0.15, 0.2) is 0 Å². The van der Waals surface area contributed by atoms with Gasteiger partial charge in [-0.1, -0.05) is 20.8 Å². The number of anilines is 1. The third kappa shape index (κ3) is 8.19. The van der Waals surface area contributed by atoms with E-state index in [9.17, 15) is 4.79 Å². The van der Waals surface area contributed by atoms with E-state index in [1.54, 1.807) is 0 Å². The standard InChI is InChI=1S/C21H36N2O3/c1-7-14-26-21(4,16-17(2)3)20(24)22-18-9-11-19(12-10-18)25-15-8-13-23(5)6/h9-12,17H,7-8,13-16H2,1-6H3,(H,22,24). The van der Waals surface area contributed by atoms with Crippen LogP contribution in [0.2, 0.25) is 0 Å². The van der Waals surface area contributed by atoms with Crippen LogP contribution in [0.25, 0.3) is 0 Å². The van der Waals surface area contributed by atoms with Crippen molar-refractivity contribution in [2.45, 2.75) is 52.6 Å². The van der Waals surface area contributed by atoms with Crippen LogP contribution < -0.4 is 10.1 Å². The molecular weight excluding hydrogens is 328 g/mol. The third-order valence-electron chi connectivity index (χ3n) is 4.03. The van der Waals surface area contributed by atoms with Crippen LogP contribution in [0.4, 0.5) is 5.69 Å². The van der Waals surface area contributed by atoms with Crippen molar-refractivity contribution in [2.24, 2.45) is 5.92 Å². The maximum atomic E-state index is 12.8. The monoisotopic (exact) mass is 364 g/mol. The maximum Gasteiger partial charge on any atom is 0.256 e. The number of ether oxygens (including phenoxy) is 2. The molecule has 0 radical (unpaired) electrons. The summed E-state index contributed by atoms with van der Waals surface area (Å²) in [6, 6.07) is 7.51. The Kier molecular flexibility index (Phi) is 9.66. The maximum absolute atomic E-state index is 12.8. The fourth-order valence-electron chi connectivity index (χ4n) is 2.79. The lowest BCUT2D eigenvalue weighted by atomic mass is 9.93. The number of rotatable bonds is 12. The van der Waals surface area contributed by atoms with Gasteiger partial charge in [-0.2, -0.15) is 0 Å². The average Bonchev–Trinajstić information content (AvgIpc) is 2.57. The van der Waals surface area contributed by atoms with Crippen molar-refractivity contribution in [1.82, 2.24) is 4.90 Å². The quantitative estimate of drug-likeness (QED) is 0.565. The number of amides is 1. The van der Waals surface area contributed by atoms with Crippen molar-refractivity contribution in [3.63, 3.8) is 0 Å². The second-order valence-electron chi connectivity index (χ2n) is 7.66. The molecule has 0 spiro atoms. The van der Waals surface area contributed by atoms with E-state index in [1.165, 1.54) is 0 Å². The summed E-state index contributed by atoms with van der Waals surface area (Å²) < 4.78 is 11.6. The molecule has 5 heteroatoms.